The minimum atomic E-state index is -0.0515. The number of aromatic nitrogens is 3. The summed E-state index contributed by atoms with van der Waals surface area (Å²) < 4.78 is 0. The summed E-state index contributed by atoms with van der Waals surface area (Å²) in [5, 5.41) is 6.97. The summed E-state index contributed by atoms with van der Waals surface area (Å²) in [4.78, 5) is 28.8. The van der Waals surface area contributed by atoms with Crippen LogP contribution >= 0.6 is 11.3 Å². The van der Waals surface area contributed by atoms with E-state index in [0.29, 0.717) is 12.4 Å². The van der Waals surface area contributed by atoms with Gasteiger partial charge >= 0.3 is 0 Å². The van der Waals surface area contributed by atoms with Crippen molar-refractivity contribution in [1.29, 1.82) is 0 Å². The first-order valence-corrected chi connectivity index (χ1v) is 8.87. The fourth-order valence-electron chi connectivity index (χ4n) is 2.91. The number of hydrogen-bond donors (Lipinski definition) is 2. The van der Waals surface area contributed by atoms with Crippen molar-refractivity contribution < 1.29 is 4.79 Å². The van der Waals surface area contributed by atoms with Gasteiger partial charge in [0.2, 0.25) is 5.91 Å². The highest BCUT2D eigenvalue weighted by Crippen LogP contribution is 2.31. The van der Waals surface area contributed by atoms with Crippen LogP contribution in [0.3, 0.4) is 0 Å². The summed E-state index contributed by atoms with van der Waals surface area (Å²) in [6.07, 6.45) is 3.71. The standard InChI is InChI=1S/C16H22N6OS/c1-10-7-13(21-16-18-8-11(2)24-16)20-15(19-10)12-5-4-6-22(12)14(23)9-17-3/h7-8,12,17H,4-6,9H2,1-3H3,(H,18,19,20,21). The maximum atomic E-state index is 12.3. The van der Waals surface area contributed by atoms with Crippen molar-refractivity contribution in [1.82, 2.24) is 25.2 Å². The minimum absolute atomic E-state index is 0.0515. The molecule has 2 aromatic heterocycles. The van der Waals surface area contributed by atoms with Gasteiger partial charge in [0.15, 0.2) is 11.0 Å². The van der Waals surface area contributed by atoms with Crippen molar-refractivity contribution in [3.63, 3.8) is 0 Å². The Balaban J connectivity index is 1.83. The number of thiazole rings is 1. The van der Waals surface area contributed by atoms with E-state index in [4.69, 9.17) is 0 Å². The largest absolute Gasteiger partial charge is 0.331 e. The fourth-order valence-corrected chi connectivity index (χ4v) is 3.58. The maximum Gasteiger partial charge on any atom is 0.237 e. The molecule has 7 nitrogen and oxygen atoms in total. The van der Waals surface area contributed by atoms with E-state index in [-0.39, 0.29) is 11.9 Å². The second-order valence-corrected chi connectivity index (χ2v) is 7.16. The Labute approximate surface area is 145 Å². The molecular formula is C16H22N6OS. The van der Waals surface area contributed by atoms with Crippen molar-refractivity contribution in [3.8, 4) is 0 Å². The van der Waals surface area contributed by atoms with Crippen molar-refractivity contribution >= 4 is 28.2 Å². The first-order chi connectivity index (χ1) is 11.6. The number of nitrogens with one attached hydrogen (secondary N) is 2. The van der Waals surface area contributed by atoms with Crippen LogP contribution < -0.4 is 10.6 Å². The molecule has 1 fully saturated rings. The summed E-state index contributed by atoms with van der Waals surface area (Å²) in [6.45, 7) is 5.06. The zero-order chi connectivity index (χ0) is 17.1. The van der Waals surface area contributed by atoms with Crippen LogP contribution in [0.25, 0.3) is 0 Å². The first kappa shape index (κ1) is 16.8. The predicted octanol–water partition coefficient (Wildman–Crippen LogP) is 2.18. The van der Waals surface area contributed by atoms with E-state index in [0.717, 1.165) is 40.9 Å². The SMILES string of the molecule is CNCC(=O)N1CCCC1c1nc(C)cc(Nc2ncc(C)s2)n1. The van der Waals surface area contributed by atoms with E-state index in [1.54, 1.807) is 18.4 Å². The molecule has 0 spiro atoms. The van der Waals surface area contributed by atoms with E-state index >= 15 is 0 Å². The lowest BCUT2D eigenvalue weighted by molar-refractivity contribution is -0.131. The summed E-state index contributed by atoms with van der Waals surface area (Å²) in [5.41, 5.74) is 0.878. The molecule has 0 radical (unpaired) electrons. The summed E-state index contributed by atoms with van der Waals surface area (Å²) in [7, 11) is 1.78. The number of amides is 1. The Morgan fingerprint density at radius 2 is 2.25 bits per heavy atom. The number of carbonyl (C=O) groups excluding carboxylic acids is 1. The maximum absolute atomic E-state index is 12.3. The highest BCUT2D eigenvalue weighted by molar-refractivity contribution is 7.15. The topological polar surface area (TPSA) is 83.0 Å². The summed E-state index contributed by atoms with van der Waals surface area (Å²) in [5.74, 6) is 1.52. The van der Waals surface area contributed by atoms with Gasteiger partial charge < -0.3 is 15.5 Å². The van der Waals surface area contributed by atoms with Crippen molar-refractivity contribution in [3.05, 3.63) is 28.7 Å². The third-order valence-electron chi connectivity index (χ3n) is 3.93. The Morgan fingerprint density at radius 3 is 2.96 bits per heavy atom. The lowest BCUT2D eigenvalue weighted by atomic mass is 10.2. The molecule has 1 unspecified atom stereocenters. The summed E-state index contributed by atoms with van der Waals surface area (Å²) in [6, 6.07) is 1.85. The lowest BCUT2D eigenvalue weighted by Gasteiger charge is -2.24. The van der Waals surface area contributed by atoms with Gasteiger partial charge in [0.25, 0.3) is 0 Å². The molecule has 0 aromatic carbocycles. The number of likely N-dealkylation sites (tertiary alicyclic amines) is 1. The molecule has 3 rings (SSSR count). The number of carbonyl (C=O) groups is 1. The van der Waals surface area contributed by atoms with E-state index in [9.17, 15) is 4.79 Å². The molecule has 0 saturated carbocycles. The number of likely N-dealkylation sites (N-methyl/N-ethyl adjacent to an activating group) is 1. The molecule has 1 aliphatic rings. The van der Waals surface area contributed by atoms with Gasteiger partial charge in [0, 0.05) is 29.4 Å². The van der Waals surface area contributed by atoms with Crippen LogP contribution in [0.1, 0.15) is 35.3 Å². The molecule has 0 bridgehead atoms. The molecule has 0 aliphatic carbocycles. The Kier molecular flexibility index (Phi) is 5.06. The molecule has 1 amide bonds. The molecular weight excluding hydrogens is 324 g/mol. The molecule has 2 N–H and O–H groups in total. The first-order valence-electron chi connectivity index (χ1n) is 8.06. The third-order valence-corrected chi connectivity index (χ3v) is 4.76. The van der Waals surface area contributed by atoms with Crippen LogP contribution in [0.2, 0.25) is 0 Å². The van der Waals surface area contributed by atoms with Crippen molar-refractivity contribution in [2.75, 3.05) is 25.5 Å². The Morgan fingerprint density at radius 1 is 1.42 bits per heavy atom. The molecule has 1 atom stereocenters. The number of hydrogen-bond acceptors (Lipinski definition) is 7. The van der Waals surface area contributed by atoms with Crippen molar-refractivity contribution in [2.24, 2.45) is 0 Å². The van der Waals surface area contributed by atoms with Gasteiger partial charge in [-0.25, -0.2) is 15.0 Å². The van der Waals surface area contributed by atoms with Crippen LogP contribution in [-0.4, -0.2) is 45.9 Å². The molecule has 8 heteroatoms. The van der Waals surface area contributed by atoms with Crippen molar-refractivity contribution in [2.45, 2.75) is 32.7 Å². The van der Waals surface area contributed by atoms with Gasteiger partial charge in [-0.15, -0.1) is 11.3 Å². The molecule has 128 valence electrons. The average Bonchev–Trinajstić information content (AvgIpc) is 3.16. The van der Waals surface area contributed by atoms with E-state index < -0.39 is 0 Å². The van der Waals surface area contributed by atoms with E-state index in [1.165, 1.54) is 0 Å². The van der Waals surface area contributed by atoms with Gasteiger partial charge in [-0.05, 0) is 33.7 Å². The van der Waals surface area contributed by atoms with Crippen LogP contribution in [0.4, 0.5) is 10.9 Å². The smallest absolute Gasteiger partial charge is 0.237 e. The second kappa shape index (κ2) is 7.23. The number of nitrogens with zero attached hydrogens (tertiary/aromatic N) is 4. The fraction of sp³-hybridized carbons (Fsp3) is 0.500. The van der Waals surface area contributed by atoms with Crippen LogP contribution in [0, 0.1) is 13.8 Å². The van der Waals surface area contributed by atoms with Gasteiger partial charge in [0.1, 0.15) is 5.82 Å². The van der Waals surface area contributed by atoms with E-state index in [1.807, 2.05) is 31.0 Å². The molecule has 24 heavy (non-hydrogen) atoms. The van der Waals surface area contributed by atoms with E-state index in [2.05, 4.69) is 25.6 Å². The molecule has 2 aromatic rings. The zero-order valence-corrected chi connectivity index (χ0v) is 15.0. The monoisotopic (exact) mass is 346 g/mol. The van der Waals surface area contributed by atoms with Crippen LogP contribution in [0.15, 0.2) is 12.3 Å². The zero-order valence-electron chi connectivity index (χ0n) is 14.2. The normalized spacial score (nSPS) is 17.3. The van der Waals surface area contributed by atoms with Gasteiger partial charge in [-0.2, -0.15) is 0 Å². The lowest BCUT2D eigenvalue weighted by Crippen LogP contribution is -2.37. The Hall–Kier alpha value is -2.06. The van der Waals surface area contributed by atoms with Gasteiger partial charge in [-0.3, -0.25) is 4.79 Å². The Bertz CT molecular complexity index is 731. The summed E-state index contributed by atoms with van der Waals surface area (Å²) >= 11 is 1.58. The second-order valence-electron chi connectivity index (χ2n) is 5.93. The molecule has 1 saturated heterocycles. The van der Waals surface area contributed by atoms with Gasteiger partial charge in [-0.1, -0.05) is 0 Å². The van der Waals surface area contributed by atoms with Gasteiger partial charge in [0.05, 0.1) is 12.6 Å². The quantitative estimate of drug-likeness (QED) is 0.863. The minimum Gasteiger partial charge on any atom is -0.331 e. The number of aryl methyl sites for hydroxylation is 2. The molecule has 1 aliphatic heterocycles. The number of anilines is 2. The average molecular weight is 346 g/mol. The van der Waals surface area contributed by atoms with Crippen LogP contribution in [-0.2, 0) is 4.79 Å². The highest BCUT2D eigenvalue weighted by atomic mass is 32.1. The number of rotatable bonds is 5. The molecule has 3 heterocycles. The van der Waals surface area contributed by atoms with Crippen LogP contribution in [0.5, 0.6) is 0 Å². The predicted molar refractivity (Wildman–Crippen MR) is 94.5 cm³/mol. The third kappa shape index (κ3) is 3.70. The highest BCUT2D eigenvalue weighted by Gasteiger charge is 2.31.